The molecule has 2 heterocycles. The second-order valence-electron chi connectivity index (χ2n) is 5.35. The molecule has 5 heteroatoms. The number of H-pyrrole nitrogens is 1. The molecule has 0 spiro atoms. The number of likely N-dealkylation sites (tertiary alicyclic amines) is 1. The van der Waals surface area contributed by atoms with Crippen LogP contribution >= 0.6 is 0 Å². The molecule has 0 bridgehead atoms. The average Bonchev–Trinajstić information content (AvgIpc) is 3.00. The number of amides is 1. The van der Waals surface area contributed by atoms with E-state index in [2.05, 4.69) is 9.97 Å². The Kier molecular flexibility index (Phi) is 3.56. The molecule has 0 atom stereocenters. The number of aryl methyl sites for hydroxylation is 1. The van der Waals surface area contributed by atoms with Crippen molar-refractivity contribution in [2.75, 3.05) is 13.1 Å². The number of benzene rings is 1. The number of hydrogen-bond acceptors (Lipinski definition) is 3. The van der Waals surface area contributed by atoms with E-state index in [9.17, 15) is 9.59 Å². The molecule has 5 nitrogen and oxygen atoms in total. The second-order valence-corrected chi connectivity index (χ2v) is 5.35. The van der Waals surface area contributed by atoms with Crippen LogP contribution in [0.25, 0.3) is 11.3 Å². The van der Waals surface area contributed by atoms with E-state index in [0.29, 0.717) is 11.4 Å². The maximum Gasteiger partial charge on any atom is 0.346 e. The molecule has 1 aliphatic heterocycles. The van der Waals surface area contributed by atoms with Crippen molar-refractivity contribution in [3.8, 4) is 11.3 Å². The van der Waals surface area contributed by atoms with Gasteiger partial charge in [-0.15, -0.1) is 0 Å². The van der Waals surface area contributed by atoms with Gasteiger partial charge in [-0.05, 0) is 25.8 Å². The molecule has 1 aromatic heterocycles. The van der Waals surface area contributed by atoms with Gasteiger partial charge >= 0.3 is 5.69 Å². The first-order valence-electron chi connectivity index (χ1n) is 7.11. The van der Waals surface area contributed by atoms with Gasteiger partial charge in [-0.1, -0.05) is 29.8 Å². The normalized spacial score (nSPS) is 14.4. The molecule has 1 fully saturated rings. The molecule has 2 aromatic rings. The molecule has 1 N–H and O–H groups in total. The number of hydrogen-bond donors (Lipinski definition) is 1. The van der Waals surface area contributed by atoms with E-state index in [1.54, 1.807) is 11.0 Å². The zero-order valence-electron chi connectivity index (χ0n) is 11.9. The van der Waals surface area contributed by atoms with Gasteiger partial charge in [-0.3, -0.25) is 4.79 Å². The molecule has 3 rings (SSSR count). The van der Waals surface area contributed by atoms with E-state index in [1.165, 1.54) is 0 Å². The highest BCUT2D eigenvalue weighted by atomic mass is 16.2. The lowest BCUT2D eigenvalue weighted by atomic mass is 10.1. The van der Waals surface area contributed by atoms with Crippen LogP contribution in [0.2, 0.25) is 0 Å². The molecule has 1 amide bonds. The molecule has 108 valence electrons. The number of nitrogens with zero attached hydrogens (tertiary/aromatic N) is 2. The molecule has 1 aliphatic rings. The Morgan fingerprint density at radius 3 is 2.52 bits per heavy atom. The minimum Gasteiger partial charge on any atom is -0.337 e. The van der Waals surface area contributed by atoms with Crippen molar-refractivity contribution in [2.45, 2.75) is 19.8 Å². The van der Waals surface area contributed by atoms with Crippen molar-refractivity contribution in [3.63, 3.8) is 0 Å². The summed E-state index contributed by atoms with van der Waals surface area (Å²) in [6.45, 7) is 3.50. The predicted octanol–water partition coefficient (Wildman–Crippen LogP) is 1.98. The van der Waals surface area contributed by atoms with Gasteiger partial charge in [0.2, 0.25) is 0 Å². The minimum atomic E-state index is -0.490. The summed E-state index contributed by atoms with van der Waals surface area (Å²) in [5, 5.41) is 0. The zero-order valence-corrected chi connectivity index (χ0v) is 11.9. The third-order valence-corrected chi connectivity index (χ3v) is 3.72. The highest BCUT2D eigenvalue weighted by Crippen LogP contribution is 2.18. The zero-order chi connectivity index (χ0) is 14.8. The Morgan fingerprint density at radius 2 is 1.86 bits per heavy atom. The van der Waals surface area contributed by atoms with E-state index >= 15 is 0 Å². The lowest BCUT2D eigenvalue weighted by Gasteiger charge is -2.15. The Hall–Kier alpha value is -2.43. The van der Waals surface area contributed by atoms with Crippen LogP contribution in [0, 0.1) is 6.92 Å². The predicted molar refractivity (Wildman–Crippen MR) is 80.2 cm³/mol. The van der Waals surface area contributed by atoms with Gasteiger partial charge in [0.1, 0.15) is 5.69 Å². The van der Waals surface area contributed by atoms with Gasteiger partial charge in [0, 0.05) is 18.7 Å². The Balaban J connectivity index is 1.98. The molecule has 1 aromatic carbocycles. The Morgan fingerprint density at radius 1 is 1.19 bits per heavy atom. The van der Waals surface area contributed by atoms with Crippen LogP contribution in [0.1, 0.15) is 28.9 Å². The van der Waals surface area contributed by atoms with Crippen LogP contribution in [-0.4, -0.2) is 33.9 Å². The van der Waals surface area contributed by atoms with Gasteiger partial charge in [-0.25, -0.2) is 4.79 Å². The highest BCUT2D eigenvalue weighted by molar-refractivity contribution is 5.93. The summed E-state index contributed by atoms with van der Waals surface area (Å²) in [6.07, 6.45) is 2.04. The van der Waals surface area contributed by atoms with Crippen LogP contribution in [0.3, 0.4) is 0 Å². The van der Waals surface area contributed by atoms with E-state index in [0.717, 1.165) is 37.1 Å². The van der Waals surface area contributed by atoms with Crippen molar-refractivity contribution in [1.29, 1.82) is 0 Å². The maximum atomic E-state index is 12.4. The number of nitrogens with one attached hydrogen (secondary N) is 1. The Bertz CT molecular complexity index is 713. The minimum absolute atomic E-state index is 0.125. The van der Waals surface area contributed by atoms with Crippen molar-refractivity contribution in [3.05, 3.63) is 52.1 Å². The van der Waals surface area contributed by atoms with Crippen molar-refractivity contribution in [1.82, 2.24) is 14.9 Å². The van der Waals surface area contributed by atoms with Crippen LogP contribution in [0.5, 0.6) is 0 Å². The number of aromatic nitrogens is 2. The molecule has 0 unspecified atom stereocenters. The second kappa shape index (κ2) is 5.52. The summed E-state index contributed by atoms with van der Waals surface area (Å²) < 4.78 is 0. The fourth-order valence-electron chi connectivity index (χ4n) is 2.54. The first-order chi connectivity index (χ1) is 10.1. The fraction of sp³-hybridized carbons (Fsp3) is 0.312. The van der Waals surface area contributed by atoms with Crippen LogP contribution < -0.4 is 5.69 Å². The van der Waals surface area contributed by atoms with Crippen molar-refractivity contribution < 1.29 is 4.79 Å². The van der Waals surface area contributed by atoms with Gasteiger partial charge in [0.05, 0.1) is 5.69 Å². The van der Waals surface area contributed by atoms with Gasteiger partial charge in [0.25, 0.3) is 5.91 Å². The molecule has 1 saturated heterocycles. The molecular weight excluding hydrogens is 266 g/mol. The average molecular weight is 283 g/mol. The van der Waals surface area contributed by atoms with E-state index in [4.69, 9.17) is 0 Å². The number of rotatable bonds is 2. The van der Waals surface area contributed by atoms with E-state index in [1.807, 2.05) is 31.2 Å². The maximum absolute atomic E-state index is 12.4. The largest absolute Gasteiger partial charge is 0.346 e. The quantitative estimate of drug-likeness (QED) is 0.916. The molecule has 21 heavy (non-hydrogen) atoms. The first-order valence-corrected chi connectivity index (χ1v) is 7.11. The van der Waals surface area contributed by atoms with Crippen molar-refractivity contribution >= 4 is 5.91 Å². The lowest BCUT2D eigenvalue weighted by Crippen LogP contribution is -2.30. The summed E-state index contributed by atoms with van der Waals surface area (Å²) in [5.74, 6) is -0.125. The number of carbonyl (C=O) groups excluding carboxylic acids is 1. The molecule has 0 saturated carbocycles. The van der Waals surface area contributed by atoms with Crippen LogP contribution in [0.4, 0.5) is 0 Å². The summed E-state index contributed by atoms with van der Waals surface area (Å²) in [4.78, 5) is 32.4. The number of aromatic amines is 1. The molecule has 0 aliphatic carbocycles. The van der Waals surface area contributed by atoms with E-state index < -0.39 is 5.69 Å². The van der Waals surface area contributed by atoms with Crippen LogP contribution in [0.15, 0.2) is 35.1 Å². The van der Waals surface area contributed by atoms with Crippen LogP contribution in [-0.2, 0) is 0 Å². The SMILES string of the molecule is Cc1ccc(-c2cc(C(=O)N3CCCC3)[nH]c(=O)n2)cc1. The summed E-state index contributed by atoms with van der Waals surface area (Å²) in [5.41, 5.74) is 2.32. The van der Waals surface area contributed by atoms with E-state index in [-0.39, 0.29) is 5.91 Å². The Labute approximate surface area is 122 Å². The van der Waals surface area contributed by atoms with Gasteiger partial charge in [-0.2, -0.15) is 4.98 Å². The van der Waals surface area contributed by atoms with Crippen molar-refractivity contribution in [2.24, 2.45) is 0 Å². The van der Waals surface area contributed by atoms with Gasteiger partial charge < -0.3 is 9.88 Å². The monoisotopic (exact) mass is 283 g/mol. The third-order valence-electron chi connectivity index (χ3n) is 3.72. The summed E-state index contributed by atoms with van der Waals surface area (Å²) in [6, 6.07) is 9.38. The topological polar surface area (TPSA) is 66.1 Å². The standard InChI is InChI=1S/C16H17N3O2/c1-11-4-6-12(7-5-11)13-10-14(18-16(21)17-13)15(20)19-8-2-3-9-19/h4-7,10H,2-3,8-9H2,1H3,(H,17,18,21). The molecule has 0 radical (unpaired) electrons. The van der Waals surface area contributed by atoms with Gasteiger partial charge in [0.15, 0.2) is 0 Å². The first kappa shape index (κ1) is 13.5. The lowest BCUT2D eigenvalue weighted by molar-refractivity contribution is 0.0786. The third kappa shape index (κ3) is 2.86. The molecular formula is C16H17N3O2. The fourth-order valence-corrected chi connectivity index (χ4v) is 2.54. The summed E-state index contributed by atoms with van der Waals surface area (Å²) in [7, 11) is 0. The number of carbonyl (C=O) groups is 1. The smallest absolute Gasteiger partial charge is 0.337 e. The summed E-state index contributed by atoms with van der Waals surface area (Å²) >= 11 is 0. The highest BCUT2D eigenvalue weighted by Gasteiger charge is 2.21.